The number of rotatable bonds is 7. The number of hydrogen-bond acceptors (Lipinski definition) is 2. The normalized spacial score (nSPS) is 10.0. The van der Waals surface area contributed by atoms with Crippen LogP contribution >= 0.6 is 0 Å². The average Bonchev–Trinajstić information content (AvgIpc) is 2.42. The van der Waals surface area contributed by atoms with Gasteiger partial charge in [0.15, 0.2) is 0 Å². The quantitative estimate of drug-likeness (QED) is 0.739. The second-order valence-electron chi connectivity index (χ2n) is 4.61. The molecule has 0 aliphatic carbocycles. The summed E-state index contributed by atoms with van der Waals surface area (Å²) in [6.45, 7) is 2.65. The number of unbranched alkanes of at least 4 members (excludes halogenated alkanes) is 2. The van der Waals surface area contributed by atoms with Crippen molar-refractivity contribution < 1.29 is 9.59 Å². The highest BCUT2D eigenvalue weighted by Gasteiger charge is 2.03. The summed E-state index contributed by atoms with van der Waals surface area (Å²) in [5, 5.41) is 5.47. The third kappa shape index (κ3) is 6.04. The fourth-order valence-corrected chi connectivity index (χ4v) is 1.72. The lowest BCUT2D eigenvalue weighted by molar-refractivity contribution is -0.120. The second-order valence-corrected chi connectivity index (χ2v) is 4.61. The van der Waals surface area contributed by atoms with Gasteiger partial charge in [-0.1, -0.05) is 24.1 Å². The Morgan fingerprint density at radius 2 is 1.74 bits per heavy atom. The van der Waals surface area contributed by atoms with Gasteiger partial charge in [-0.3, -0.25) is 9.59 Å². The largest absolute Gasteiger partial charge is 0.359 e. The highest BCUT2D eigenvalue weighted by Crippen LogP contribution is 2.03. The van der Waals surface area contributed by atoms with Crippen LogP contribution in [0, 0.1) is 6.92 Å². The third-order valence-electron chi connectivity index (χ3n) is 2.96. The van der Waals surface area contributed by atoms with Crippen LogP contribution in [0.4, 0.5) is 0 Å². The molecule has 2 amide bonds. The maximum Gasteiger partial charge on any atom is 0.251 e. The van der Waals surface area contributed by atoms with Gasteiger partial charge >= 0.3 is 0 Å². The monoisotopic (exact) mass is 262 g/mol. The minimum absolute atomic E-state index is 0.0358. The minimum atomic E-state index is -0.0358. The molecule has 1 aromatic rings. The van der Waals surface area contributed by atoms with E-state index in [2.05, 4.69) is 10.6 Å². The topological polar surface area (TPSA) is 58.2 Å². The molecule has 0 unspecified atom stereocenters. The van der Waals surface area contributed by atoms with Crippen molar-refractivity contribution in [1.82, 2.24) is 10.6 Å². The Morgan fingerprint density at radius 3 is 2.37 bits per heavy atom. The molecule has 4 nitrogen and oxygen atoms in total. The molecule has 0 aliphatic heterocycles. The van der Waals surface area contributed by atoms with Crippen LogP contribution in [0.15, 0.2) is 24.3 Å². The van der Waals surface area contributed by atoms with E-state index in [9.17, 15) is 9.59 Å². The number of carbonyl (C=O) groups excluding carboxylic acids is 2. The van der Waals surface area contributed by atoms with Crippen molar-refractivity contribution in [2.45, 2.75) is 32.6 Å². The molecular weight excluding hydrogens is 240 g/mol. The van der Waals surface area contributed by atoms with Crippen LogP contribution in [0.3, 0.4) is 0 Å². The SMILES string of the molecule is CNC(=O)CCCCCNC(=O)c1ccc(C)cc1. The lowest BCUT2D eigenvalue weighted by Crippen LogP contribution is -2.24. The molecule has 0 radical (unpaired) electrons. The number of amides is 2. The fraction of sp³-hybridized carbons (Fsp3) is 0.467. The summed E-state index contributed by atoms with van der Waals surface area (Å²) in [4.78, 5) is 22.8. The summed E-state index contributed by atoms with van der Waals surface area (Å²) in [5.74, 6) is 0.0370. The van der Waals surface area contributed by atoms with Crippen molar-refractivity contribution in [2.24, 2.45) is 0 Å². The summed E-state index contributed by atoms with van der Waals surface area (Å²) in [5.41, 5.74) is 1.83. The molecule has 0 aromatic heterocycles. The highest BCUT2D eigenvalue weighted by molar-refractivity contribution is 5.94. The van der Waals surface area contributed by atoms with Crippen LogP contribution < -0.4 is 10.6 Å². The molecule has 19 heavy (non-hydrogen) atoms. The molecule has 1 aromatic carbocycles. The van der Waals surface area contributed by atoms with Crippen LogP contribution in [0.2, 0.25) is 0 Å². The minimum Gasteiger partial charge on any atom is -0.359 e. The fourth-order valence-electron chi connectivity index (χ4n) is 1.72. The van der Waals surface area contributed by atoms with Gasteiger partial charge in [0.05, 0.1) is 0 Å². The summed E-state index contributed by atoms with van der Waals surface area (Å²) in [7, 11) is 1.64. The van der Waals surface area contributed by atoms with E-state index < -0.39 is 0 Å². The first-order valence-corrected chi connectivity index (χ1v) is 6.69. The van der Waals surface area contributed by atoms with E-state index in [1.807, 2.05) is 31.2 Å². The van der Waals surface area contributed by atoms with Crippen molar-refractivity contribution in [3.8, 4) is 0 Å². The van der Waals surface area contributed by atoms with Gasteiger partial charge in [0.2, 0.25) is 5.91 Å². The first kappa shape index (κ1) is 15.2. The second kappa shape index (κ2) is 8.29. The van der Waals surface area contributed by atoms with E-state index in [-0.39, 0.29) is 11.8 Å². The molecule has 104 valence electrons. The Morgan fingerprint density at radius 1 is 1.05 bits per heavy atom. The molecule has 0 bridgehead atoms. The van der Waals surface area contributed by atoms with Crippen LogP contribution in [-0.2, 0) is 4.79 Å². The summed E-state index contributed by atoms with van der Waals surface area (Å²) < 4.78 is 0. The van der Waals surface area contributed by atoms with Crippen molar-refractivity contribution in [2.75, 3.05) is 13.6 Å². The van der Waals surface area contributed by atoms with Gasteiger partial charge in [0.1, 0.15) is 0 Å². The molecule has 0 saturated carbocycles. The molecule has 0 heterocycles. The Balaban J connectivity index is 2.14. The predicted octanol–water partition coefficient (Wildman–Crippen LogP) is 2.03. The smallest absolute Gasteiger partial charge is 0.251 e. The first-order chi connectivity index (χ1) is 9.13. The molecule has 0 atom stereocenters. The number of carbonyl (C=O) groups is 2. The summed E-state index contributed by atoms with van der Waals surface area (Å²) >= 11 is 0. The predicted molar refractivity (Wildman–Crippen MR) is 76.0 cm³/mol. The van der Waals surface area contributed by atoms with Gasteiger partial charge < -0.3 is 10.6 Å². The molecule has 1 rings (SSSR count). The Hall–Kier alpha value is -1.84. The van der Waals surface area contributed by atoms with Crippen molar-refractivity contribution in [1.29, 1.82) is 0 Å². The van der Waals surface area contributed by atoms with Crippen LogP contribution in [-0.4, -0.2) is 25.4 Å². The van der Waals surface area contributed by atoms with Crippen molar-refractivity contribution in [3.05, 3.63) is 35.4 Å². The molecule has 0 saturated heterocycles. The highest BCUT2D eigenvalue weighted by atomic mass is 16.2. The van der Waals surface area contributed by atoms with Crippen molar-refractivity contribution >= 4 is 11.8 Å². The zero-order valence-corrected chi connectivity index (χ0v) is 11.7. The number of hydrogen-bond donors (Lipinski definition) is 2. The van der Waals surface area contributed by atoms with Crippen LogP contribution in [0.25, 0.3) is 0 Å². The number of nitrogens with one attached hydrogen (secondary N) is 2. The third-order valence-corrected chi connectivity index (χ3v) is 2.96. The standard InChI is InChI=1S/C15H22N2O2/c1-12-7-9-13(10-8-12)15(19)17-11-5-3-4-6-14(18)16-2/h7-10H,3-6,11H2,1-2H3,(H,16,18)(H,17,19). The van der Waals surface area contributed by atoms with Gasteiger partial charge in [0.25, 0.3) is 5.91 Å². The molecular formula is C15H22N2O2. The van der Waals surface area contributed by atoms with Crippen molar-refractivity contribution in [3.63, 3.8) is 0 Å². The average molecular weight is 262 g/mol. The van der Waals surface area contributed by atoms with Crippen LogP contribution in [0.5, 0.6) is 0 Å². The van der Waals surface area contributed by atoms with Gasteiger partial charge in [-0.15, -0.1) is 0 Å². The molecule has 0 spiro atoms. The zero-order valence-electron chi connectivity index (χ0n) is 11.7. The maximum absolute atomic E-state index is 11.8. The number of benzene rings is 1. The van der Waals surface area contributed by atoms with Gasteiger partial charge in [0, 0.05) is 25.6 Å². The van der Waals surface area contributed by atoms with E-state index in [0.29, 0.717) is 18.5 Å². The Bertz CT molecular complexity index is 413. The van der Waals surface area contributed by atoms with E-state index in [1.54, 1.807) is 7.05 Å². The van der Waals surface area contributed by atoms with Crippen LogP contribution in [0.1, 0.15) is 41.6 Å². The molecule has 0 fully saturated rings. The van der Waals surface area contributed by atoms with E-state index >= 15 is 0 Å². The zero-order chi connectivity index (χ0) is 14.1. The molecule has 0 aliphatic rings. The molecule has 2 N–H and O–H groups in total. The Labute approximate surface area is 114 Å². The van der Waals surface area contributed by atoms with E-state index in [0.717, 1.165) is 24.8 Å². The van der Waals surface area contributed by atoms with E-state index in [4.69, 9.17) is 0 Å². The Kier molecular flexibility index (Phi) is 6.64. The first-order valence-electron chi connectivity index (χ1n) is 6.69. The summed E-state index contributed by atoms with van der Waals surface area (Å²) in [6.07, 6.45) is 3.26. The van der Waals surface area contributed by atoms with Gasteiger partial charge in [-0.2, -0.15) is 0 Å². The molecule has 4 heteroatoms. The van der Waals surface area contributed by atoms with E-state index in [1.165, 1.54) is 0 Å². The maximum atomic E-state index is 11.8. The lowest BCUT2D eigenvalue weighted by atomic mass is 10.1. The summed E-state index contributed by atoms with van der Waals surface area (Å²) in [6, 6.07) is 7.52. The lowest BCUT2D eigenvalue weighted by Gasteiger charge is -2.05. The van der Waals surface area contributed by atoms with Gasteiger partial charge in [-0.25, -0.2) is 0 Å². The number of aryl methyl sites for hydroxylation is 1. The van der Waals surface area contributed by atoms with Gasteiger partial charge in [-0.05, 0) is 31.9 Å².